The molecule has 0 heterocycles. The number of hydrogen-bond donors (Lipinski definition) is 0. The van der Waals surface area contributed by atoms with Crippen LogP contribution in [-0.4, -0.2) is 40.6 Å². The lowest BCUT2D eigenvalue weighted by molar-refractivity contribution is -0.0375. The molecule has 0 aliphatic heterocycles. The van der Waals surface area contributed by atoms with Crippen molar-refractivity contribution in [3.63, 3.8) is 0 Å². The highest BCUT2D eigenvalue weighted by molar-refractivity contribution is 5.34. The summed E-state index contributed by atoms with van der Waals surface area (Å²) in [5.41, 5.74) is 7.22. The molecule has 6 rings (SSSR count). The van der Waals surface area contributed by atoms with Gasteiger partial charge < -0.3 is 23.7 Å². The lowest BCUT2D eigenvalue weighted by Gasteiger charge is -2.29. The van der Waals surface area contributed by atoms with Gasteiger partial charge in [-0.05, 0) is 70.5 Å². The molecule has 5 nitrogen and oxygen atoms in total. The molecule has 0 saturated carbocycles. The first-order valence-corrected chi connectivity index (χ1v) is 18.5. The summed E-state index contributed by atoms with van der Waals surface area (Å²) in [7, 11) is 3.39. The fourth-order valence-electron chi connectivity index (χ4n) is 6.98. The van der Waals surface area contributed by atoms with Crippen molar-refractivity contribution >= 4 is 0 Å². The van der Waals surface area contributed by atoms with E-state index >= 15 is 0 Å². The zero-order chi connectivity index (χ0) is 36.5. The molecule has 4 atom stereocenters. The van der Waals surface area contributed by atoms with E-state index in [1.54, 1.807) is 14.2 Å². The fourth-order valence-corrected chi connectivity index (χ4v) is 6.98. The summed E-state index contributed by atoms with van der Waals surface area (Å²) in [4.78, 5) is 0. The third-order valence-corrected chi connectivity index (χ3v) is 9.72. The SMILES string of the molecule is COc1ccc(C[C@@H](c2ccccc2)[C@H](OCCOCCO[C@H](c2ccccc2)[C@@H](Cc2ccc(OC)cc2)c2ccccc2)c2ccccc2)cc1. The third kappa shape index (κ3) is 10.9. The van der Waals surface area contributed by atoms with Crippen LogP contribution in [0.5, 0.6) is 11.5 Å². The van der Waals surface area contributed by atoms with Crippen LogP contribution in [0.2, 0.25) is 0 Å². The quantitative estimate of drug-likeness (QED) is 0.0740. The molecule has 6 aromatic carbocycles. The fraction of sp³-hybridized carbons (Fsp3) is 0.250. The third-order valence-electron chi connectivity index (χ3n) is 9.72. The molecule has 0 N–H and O–H groups in total. The molecule has 0 saturated heterocycles. The van der Waals surface area contributed by atoms with Crippen LogP contribution in [0.3, 0.4) is 0 Å². The van der Waals surface area contributed by atoms with Crippen LogP contribution >= 0.6 is 0 Å². The van der Waals surface area contributed by atoms with Gasteiger partial charge in [0.25, 0.3) is 0 Å². The summed E-state index contributed by atoms with van der Waals surface area (Å²) in [6.07, 6.45) is 1.32. The molecule has 0 spiro atoms. The van der Waals surface area contributed by atoms with E-state index in [0.717, 1.165) is 35.5 Å². The molecular formula is C48H50O5. The van der Waals surface area contributed by atoms with Crippen molar-refractivity contribution in [1.29, 1.82) is 0 Å². The lowest BCUT2D eigenvalue weighted by atomic mass is 9.84. The minimum atomic E-state index is -0.160. The van der Waals surface area contributed by atoms with Gasteiger partial charge in [0.15, 0.2) is 0 Å². The van der Waals surface area contributed by atoms with E-state index in [2.05, 4.69) is 133 Å². The number of benzene rings is 6. The first kappa shape index (κ1) is 37.6. The maximum absolute atomic E-state index is 6.74. The van der Waals surface area contributed by atoms with Crippen molar-refractivity contribution in [2.24, 2.45) is 0 Å². The van der Waals surface area contributed by atoms with Gasteiger partial charge in [-0.25, -0.2) is 0 Å². The maximum Gasteiger partial charge on any atom is 0.118 e. The summed E-state index contributed by atoms with van der Waals surface area (Å²) in [5, 5.41) is 0. The monoisotopic (exact) mass is 706 g/mol. The molecular weight excluding hydrogens is 657 g/mol. The number of rotatable bonds is 20. The Morgan fingerprint density at radius 3 is 1.00 bits per heavy atom. The number of ether oxygens (including phenoxy) is 5. The van der Waals surface area contributed by atoms with Crippen molar-refractivity contribution in [3.8, 4) is 11.5 Å². The summed E-state index contributed by atoms with van der Waals surface area (Å²) in [6, 6.07) is 59.0. The Hall–Kier alpha value is -5.20. The van der Waals surface area contributed by atoms with Crippen molar-refractivity contribution in [2.75, 3.05) is 40.6 Å². The second kappa shape index (κ2) is 20.1. The highest BCUT2D eigenvalue weighted by atomic mass is 16.5. The molecule has 53 heavy (non-hydrogen) atoms. The minimum absolute atomic E-state index is 0.0996. The average molecular weight is 707 g/mol. The van der Waals surface area contributed by atoms with Gasteiger partial charge in [0.2, 0.25) is 0 Å². The van der Waals surface area contributed by atoms with Crippen molar-refractivity contribution in [2.45, 2.75) is 36.9 Å². The summed E-state index contributed by atoms with van der Waals surface area (Å²) < 4.78 is 30.5. The molecule has 0 fully saturated rings. The topological polar surface area (TPSA) is 46.2 Å². The van der Waals surface area contributed by atoms with E-state index in [-0.39, 0.29) is 24.0 Å². The second-order valence-corrected chi connectivity index (χ2v) is 13.2. The zero-order valence-electron chi connectivity index (χ0n) is 30.8. The Morgan fingerprint density at radius 1 is 0.358 bits per heavy atom. The van der Waals surface area contributed by atoms with Gasteiger partial charge in [-0.1, -0.05) is 146 Å². The van der Waals surface area contributed by atoms with Gasteiger partial charge in [0.1, 0.15) is 11.5 Å². The van der Waals surface area contributed by atoms with Crippen molar-refractivity contribution in [3.05, 3.63) is 203 Å². The van der Waals surface area contributed by atoms with Gasteiger partial charge in [-0.3, -0.25) is 0 Å². The van der Waals surface area contributed by atoms with Crippen LogP contribution in [0.1, 0.15) is 57.4 Å². The van der Waals surface area contributed by atoms with Crippen molar-refractivity contribution < 1.29 is 23.7 Å². The molecule has 0 bridgehead atoms. The first-order chi connectivity index (χ1) is 26.2. The molecule has 0 aliphatic rings. The molecule has 0 unspecified atom stereocenters. The van der Waals surface area contributed by atoms with Crippen LogP contribution in [0, 0.1) is 0 Å². The summed E-state index contributed by atoms with van der Waals surface area (Å²) in [5.74, 6) is 1.90. The molecule has 272 valence electrons. The minimum Gasteiger partial charge on any atom is -0.497 e. The Labute approximate surface area is 315 Å². The van der Waals surface area contributed by atoms with Gasteiger partial charge in [-0.2, -0.15) is 0 Å². The molecule has 0 amide bonds. The molecule has 0 aromatic heterocycles. The number of methoxy groups -OCH3 is 2. The van der Waals surface area contributed by atoms with Gasteiger partial charge in [0, 0.05) is 11.8 Å². The Kier molecular flexibility index (Phi) is 14.3. The van der Waals surface area contributed by atoms with Gasteiger partial charge in [-0.15, -0.1) is 0 Å². The molecule has 0 radical (unpaired) electrons. The predicted octanol–water partition coefficient (Wildman–Crippen LogP) is 10.6. The molecule has 0 aliphatic carbocycles. The zero-order valence-corrected chi connectivity index (χ0v) is 30.8. The highest BCUT2D eigenvalue weighted by Gasteiger charge is 2.28. The summed E-state index contributed by atoms with van der Waals surface area (Å²) >= 11 is 0. The normalized spacial score (nSPS) is 13.5. The number of hydrogen-bond acceptors (Lipinski definition) is 5. The molecule has 6 aromatic rings. The van der Waals surface area contributed by atoms with E-state index in [4.69, 9.17) is 23.7 Å². The Balaban J connectivity index is 1.11. The van der Waals surface area contributed by atoms with E-state index < -0.39 is 0 Å². The smallest absolute Gasteiger partial charge is 0.118 e. The first-order valence-electron chi connectivity index (χ1n) is 18.5. The van der Waals surface area contributed by atoms with Crippen LogP contribution in [0.25, 0.3) is 0 Å². The van der Waals surface area contributed by atoms with Crippen LogP contribution in [0.4, 0.5) is 0 Å². The maximum atomic E-state index is 6.74. The largest absolute Gasteiger partial charge is 0.497 e. The van der Waals surface area contributed by atoms with E-state index in [9.17, 15) is 0 Å². The highest BCUT2D eigenvalue weighted by Crippen LogP contribution is 2.38. The average Bonchev–Trinajstić information content (AvgIpc) is 3.23. The van der Waals surface area contributed by atoms with Crippen molar-refractivity contribution in [1.82, 2.24) is 0 Å². The van der Waals surface area contributed by atoms with E-state index in [0.29, 0.717) is 26.4 Å². The lowest BCUT2D eigenvalue weighted by Crippen LogP contribution is -2.21. The summed E-state index contributed by atoms with van der Waals surface area (Å²) in [6.45, 7) is 1.83. The Morgan fingerprint density at radius 2 is 0.679 bits per heavy atom. The second-order valence-electron chi connectivity index (χ2n) is 13.2. The van der Waals surface area contributed by atoms with Crippen LogP contribution in [-0.2, 0) is 27.1 Å². The van der Waals surface area contributed by atoms with Gasteiger partial charge >= 0.3 is 0 Å². The van der Waals surface area contributed by atoms with Crippen LogP contribution in [0.15, 0.2) is 170 Å². The van der Waals surface area contributed by atoms with E-state index in [1.807, 2.05) is 36.4 Å². The predicted molar refractivity (Wildman–Crippen MR) is 213 cm³/mol. The Bertz CT molecular complexity index is 1720. The molecule has 5 heteroatoms. The standard InChI is InChI=1S/C48H50O5/c1-49-43-27-23-37(24-28-43)35-45(39-15-7-3-8-16-39)47(41-19-11-5-12-20-41)52-33-31-51-32-34-53-48(42-21-13-6-14-22-42)46(40-17-9-4-10-18-40)36-38-25-29-44(50-2)30-26-38/h3-30,45-48H,31-36H2,1-2H3/t45-,46-,47+,48+/m0/s1. The van der Waals surface area contributed by atoms with Crippen LogP contribution < -0.4 is 9.47 Å². The van der Waals surface area contributed by atoms with Gasteiger partial charge in [0.05, 0.1) is 52.9 Å². The van der Waals surface area contributed by atoms with E-state index in [1.165, 1.54) is 22.3 Å².